The normalized spacial score (nSPS) is 17.8. The van der Waals surface area contributed by atoms with Crippen molar-refractivity contribution in [1.82, 2.24) is 9.29 Å². The number of nitrogens with one attached hydrogen (secondary N) is 1. The van der Waals surface area contributed by atoms with Gasteiger partial charge in [0.05, 0.1) is 5.69 Å². The highest BCUT2D eigenvalue weighted by Crippen LogP contribution is 2.21. The van der Waals surface area contributed by atoms with Crippen LogP contribution >= 0.6 is 11.6 Å². The Morgan fingerprint density at radius 1 is 1.38 bits per heavy atom. The van der Waals surface area contributed by atoms with E-state index in [4.69, 9.17) is 11.6 Å². The third kappa shape index (κ3) is 2.00. The Hall–Kier alpha value is -0.850. The molecule has 0 spiro atoms. The summed E-state index contributed by atoms with van der Waals surface area (Å²) in [5.74, 6) is 0. The van der Waals surface area contributed by atoms with Crippen LogP contribution in [0.1, 0.15) is 23.3 Å². The third-order valence-corrected chi connectivity index (χ3v) is 4.65. The zero-order chi connectivity index (χ0) is 11.8. The maximum Gasteiger partial charge on any atom is 0.268 e. The van der Waals surface area contributed by atoms with Crippen LogP contribution in [0.25, 0.3) is 0 Å². The Morgan fingerprint density at radius 2 is 2.00 bits per heavy atom. The molecule has 0 radical (unpaired) electrons. The molecular weight excluding hydrogens is 252 g/mol. The van der Waals surface area contributed by atoms with Gasteiger partial charge in [0.25, 0.3) is 5.24 Å². The summed E-state index contributed by atoms with van der Waals surface area (Å²) in [7, 11) is -3.46. The largest absolute Gasteiger partial charge is 0.356 e. The summed E-state index contributed by atoms with van der Waals surface area (Å²) in [5, 5.41) is -0.692. The van der Waals surface area contributed by atoms with Crippen LogP contribution in [0.2, 0.25) is 0 Å². The summed E-state index contributed by atoms with van der Waals surface area (Å²) in [4.78, 5) is 13.5. The lowest BCUT2D eigenvalue weighted by Crippen LogP contribution is -2.27. The van der Waals surface area contributed by atoms with Gasteiger partial charge in [0, 0.05) is 19.3 Å². The van der Waals surface area contributed by atoms with Gasteiger partial charge >= 0.3 is 0 Å². The van der Waals surface area contributed by atoms with Crippen molar-refractivity contribution >= 4 is 26.9 Å². The van der Waals surface area contributed by atoms with Crippen LogP contribution < -0.4 is 0 Å². The van der Waals surface area contributed by atoms with Crippen molar-refractivity contribution in [3.05, 3.63) is 18.0 Å². The Balaban J connectivity index is 2.31. The Bertz CT molecular complexity index is 503. The average molecular weight is 263 g/mol. The highest BCUT2D eigenvalue weighted by Gasteiger charge is 2.28. The van der Waals surface area contributed by atoms with Gasteiger partial charge in [0.15, 0.2) is 0 Å². The van der Waals surface area contributed by atoms with Crippen molar-refractivity contribution in [1.29, 1.82) is 0 Å². The summed E-state index contributed by atoms with van der Waals surface area (Å²) < 4.78 is 25.5. The Morgan fingerprint density at radius 3 is 2.50 bits per heavy atom. The molecule has 1 aliphatic rings. The quantitative estimate of drug-likeness (QED) is 0.832. The Kier molecular flexibility index (Phi) is 3.05. The fraction of sp³-hybridized carbons (Fsp3) is 0.444. The van der Waals surface area contributed by atoms with Crippen LogP contribution in [0, 0.1) is 0 Å². The topological polar surface area (TPSA) is 70.2 Å². The maximum absolute atomic E-state index is 12.0. The molecule has 1 aromatic heterocycles. The summed E-state index contributed by atoms with van der Waals surface area (Å²) in [6, 6.07) is 1.27. The van der Waals surface area contributed by atoms with Crippen LogP contribution in [0.4, 0.5) is 0 Å². The van der Waals surface area contributed by atoms with E-state index in [0.29, 0.717) is 13.1 Å². The van der Waals surface area contributed by atoms with E-state index in [-0.39, 0.29) is 10.6 Å². The average Bonchev–Trinajstić information content (AvgIpc) is 2.90. The minimum Gasteiger partial charge on any atom is -0.356 e. The van der Waals surface area contributed by atoms with E-state index in [1.807, 2.05) is 0 Å². The van der Waals surface area contributed by atoms with Crippen LogP contribution in [0.3, 0.4) is 0 Å². The lowest BCUT2D eigenvalue weighted by molar-refractivity contribution is 0.107. The molecule has 0 unspecified atom stereocenters. The van der Waals surface area contributed by atoms with Gasteiger partial charge in [-0.3, -0.25) is 4.79 Å². The fourth-order valence-corrected chi connectivity index (χ4v) is 3.34. The number of hydrogen-bond donors (Lipinski definition) is 1. The monoisotopic (exact) mass is 262 g/mol. The molecule has 2 heterocycles. The van der Waals surface area contributed by atoms with E-state index in [9.17, 15) is 13.2 Å². The molecule has 0 saturated carbocycles. The number of aromatic nitrogens is 1. The molecule has 5 nitrogen and oxygen atoms in total. The molecule has 88 valence electrons. The maximum atomic E-state index is 12.0. The second-order valence-electron chi connectivity index (χ2n) is 3.63. The number of halogens is 1. The number of aromatic amines is 1. The number of hydrogen-bond acceptors (Lipinski definition) is 3. The lowest BCUT2D eigenvalue weighted by Gasteiger charge is -2.13. The number of rotatable bonds is 3. The predicted octanol–water partition coefficient (Wildman–Crippen LogP) is 1.18. The highest BCUT2D eigenvalue weighted by atomic mass is 35.5. The molecule has 1 N–H and O–H groups in total. The predicted molar refractivity (Wildman–Crippen MR) is 59.0 cm³/mol. The van der Waals surface area contributed by atoms with E-state index in [1.165, 1.54) is 16.6 Å². The van der Waals surface area contributed by atoms with Gasteiger partial charge in [0.2, 0.25) is 10.0 Å². The zero-order valence-corrected chi connectivity index (χ0v) is 10.0. The van der Waals surface area contributed by atoms with Crippen molar-refractivity contribution in [3.63, 3.8) is 0 Å². The molecule has 2 rings (SSSR count). The molecule has 0 amide bonds. The van der Waals surface area contributed by atoms with E-state index in [2.05, 4.69) is 4.98 Å². The minimum absolute atomic E-state index is 0.0957. The van der Waals surface area contributed by atoms with E-state index in [0.717, 1.165) is 12.8 Å². The second-order valence-corrected chi connectivity index (χ2v) is 5.92. The minimum atomic E-state index is -3.46. The number of nitrogens with zero attached hydrogens (tertiary/aromatic N) is 1. The van der Waals surface area contributed by atoms with Gasteiger partial charge in [-0.15, -0.1) is 0 Å². The van der Waals surface area contributed by atoms with E-state index >= 15 is 0 Å². The molecule has 0 aliphatic carbocycles. The van der Waals surface area contributed by atoms with Crippen LogP contribution in [0.15, 0.2) is 17.2 Å². The first-order valence-electron chi connectivity index (χ1n) is 4.90. The molecular formula is C9H11ClN2O3S. The Labute approximate surface area is 98.4 Å². The fourth-order valence-electron chi connectivity index (χ4n) is 1.71. The zero-order valence-electron chi connectivity index (χ0n) is 8.44. The van der Waals surface area contributed by atoms with Gasteiger partial charge < -0.3 is 4.98 Å². The van der Waals surface area contributed by atoms with Crippen molar-refractivity contribution in [2.75, 3.05) is 13.1 Å². The summed E-state index contributed by atoms with van der Waals surface area (Å²) >= 11 is 5.25. The van der Waals surface area contributed by atoms with Crippen LogP contribution in [-0.4, -0.2) is 36.0 Å². The highest BCUT2D eigenvalue weighted by molar-refractivity contribution is 7.89. The third-order valence-electron chi connectivity index (χ3n) is 2.57. The number of H-pyrrole nitrogens is 1. The summed E-state index contributed by atoms with van der Waals surface area (Å²) in [5.41, 5.74) is 0.0967. The van der Waals surface area contributed by atoms with Crippen LogP contribution in [0.5, 0.6) is 0 Å². The number of carbonyl (C=O) groups excluding carboxylic acids is 1. The molecule has 0 bridgehead atoms. The first kappa shape index (κ1) is 11.6. The van der Waals surface area contributed by atoms with E-state index in [1.54, 1.807) is 0 Å². The van der Waals surface area contributed by atoms with Gasteiger partial charge in [0.1, 0.15) is 4.90 Å². The van der Waals surface area contributed by atoms with Gasteiger partial charge in [-0.25, -0.2) is 8.42 Å². The number of carbonyl (C=O) groups is 1. The molecule has 0 atom stereocenters. The molecule has 1 saturated heterocycles. The lowest BCUT2D eigenvalue weighted by atomic mass is 10.4. The van der Waals surface area contributed by atoms with E-state index < -0.39 is 15.3 Å². The second kappa shape index (κ2) is 4.20. The van der Waals surface area contributed by atoms with Crippen molar-refractivity contribution < 1.29 is 13.2 Å². The smallest absolute Gasteiger partial charge is 0.268 e. The van der Waals surface area contributed by atoms with Gasteiger partial charge in [-0.2, -0.15) is 4.31 Å². The molecule has 7 heteroatoms. The van der Waals surface area contributed by atoms with Crippen molar-refractivity contribution in [2.24, 2.45) is 0 Å². The molecule has 1 aliphatic heterocycles. The summed E-state index contributed by atoms with van der Waals surface area (Å²) in [6.45, 7) is 1.08. The first-order valence-corrected chi connectivity index (χ1v) is 6.72. The van der Waals surface area contributed by atoms with Gasteiger partial charge in [-0.1, -0.05) is 0 Å². The standard InChI is InChI=1S/C9H11ClN2O3S/c10-9(13)8-5-7(6-11-8)16(14,15)12-3-1-2-4-12/h5-6,11H,1-4H2. The first-order chi connectivity index (χ1) is 7.51. The van der Waals surface area contributed by atoms with Crippen molar-refractivity contribution in [3.8, 4) is 0 Å². The SMILES string of the molecule is O=C(Cl)c1cc(S(=O)(=O)N2CCCC2)c[nH]1. The van der Waals surface area contributed by atoms with Crippen LogP contribution in [-0.2, 0) is 10.0 Å². The summed E-state index contributed by atoms with van der Waals surface area (Å²) in [6.07, 6.45) is 3.05. The molecule has 1 fully saturated rings. The van der Waals surface area contributed by atoms with Gasteiger partial charge in [-0.05, 0) is 30.5 Å². The van der Waals surface area contributed by atoms with Crippen molar-refractivity contribution in [2.45, 2.75) is 17.7 Å². The molecule has 16 heavy (non-hydrogen) atoms. The number of sulfonamides is 1. The molecule has 0 aromatic carbocycles. The molecule has 1 aromatic rings.